The van der Waals surface area contributed by atoms with E-state index in [0.29, 0.717) is 4.47 Å². The third-order valence-corrected chi connectivity index (χ3v) is 3.36. The fourth-order valence-corrected chi connectivity index (χ4v) is 2.30. The average molecular weight is 301 g/mol. The van der Waals surface area contributed by atoms with Crippen molar-refractivity contribution in [1.29, 1.82) is 0 Å². The maximum Gasteiger partial charge on any atom is 0.270 e. The molecule has 17 heavy (non-hydrogen) atoms. The second kappa shape index (κ2) is 5.46. The standard InChI is InChI=1S/C11H13BrN2O3/c12-10-6-8(14(15)16)3-4-11(10)13-7-9-2-1-5-17-9/h3-4,6,9,13H,1-2,5,7H2. The van der Waals surface area contributed by atoms with E-state index in [9.17, 15) is 10.1 Å². The van der Waals surface area contributed by atoms with Crippen LogP contribution in [0.1, 0.15) is 12.8 Å². The van der Waals surface area contributed by atoms with Crippen LogP contribution in [0, 0.1) is 10.1 Å². The van der Waals surface area contributed by atoms with Crippen molar-refractivity contribution in [3.8, 4) is 0 Å². The highest BCUT2D eigenvalue weighted by Crippen LogP contribution is 2.27. The highest BCUT2D eigenvalue weighted by Gasteiger charge is 2.16. The van der Waals surface area contributed by atoms with Crippen LogP contribution < -0.4 is 5.32 Å². The van der Waals surface area contributed by atoms with E-state index in [1.54, 1.807) is 6.07 Å². The van der Waals surface area contributed by atoms with Gasteiger partial charge in [0.2, 0.25) is 0 Å². The van der Waals surface area contributed by atoms with Gasteiger partial charge in [-0.05, 0) is 34.8 Å². The molecule has 0 aliphatic carbocycles. The summed E-state index contributed by atoms with van der Waals surface area (Å²) in [6, 6.07) is 4.69. The molecule has 1 aliphatic rings. The summed E-state index contributed by atoms with van der Waals surface area (Å²) in [4.78, 5) is 10.2. The summed E-state index contributed by atoms with van der Waals surface area (Å²) in [6.07, 6.45) is 2.42. The maximum absolute atomic E-state index is 10.6. The number of nitrogens with one attached hydrogen (secondary N) is 1. The second-order valence-corrected chi connectivity index (χ2v) is 4.79. The molecular formula is C11H13BrN2O3. The van der Waals surface area contributed by atoms with Gasteiger partial charge in [-0.25, -0.2) is 0 Å². The quantitative estimate of drug-likeness (QED) is 0.686. The van der Waals surface area contributed by atoms with Crippen molar-refractivity contribution in [3.63, 3.8) is 0 Å². The Morgan fingerprint density at radius 1 is 1.59 bits per heavy atom. The number of anilines is 1. The molecule has 1 fully saturated rings. The third kappa shape index (κ3) is 3.17. The van der Waals surface area contributed by atoms with Crippen molar-refractivity contribution in [2.75, 3.05) is 18.5 Å². The van der Waals surface area contributed by atoms with Crippen LogP contribution in [0.3, 0.4) is 0 Å². The number of rotatable bonds is 4. The Labute approximate surface area is 107 Å². The zero-order chi connectivity index (χ0) is 12.3. The van der Waals surface area contributed by atoms with Crippen LogP contribution in [0.15, 0.2) is 22.7 Å². The second-order valence-electron chi connectivity index (χ2n) is 3.94. The lowest BCUT2D eigenvalue weighted by atomic mass is 10.2. The molecule has 5 nitrogen and oxygen atoms in total. The molecule has 92 valence electrons. The molecule has 1 aromatic rings. The lowest BCUT2D eigenvalue weighted by Crippen LogP contribution is -2.18. The minimum atomic E-state index is -0.408. The molecule has 1 unspecified atom stereocenters. The minimum absolute atomic E-state index is 0.0829. The van der Waals surface area contributed by atoms with Gasteiger partial charge in [-0.3, -0.25) is 10.1 Å². The summed E-state index contributed by atoms with van der Waals surface area (Å²) in [6.45, 7) is 1.56. The Morgan fingerprint density at radius 2 is 2.41 bits per heavy atom. The molecule has 6 heteroatoms. The van der Waals surface area contributed by atoms with Gasteiger partial charge in [0.1, 0.15) is 0 Å². The van der Waals surface area contributed by atoms with E-state index in [4.69, 9.17) is 4.74 Å². The van der Waals surface area contributed by atoms with Crippen LogP contribution in [0.4, 0.5) is 11.4 Å². The third-order valence-electron chi connectivity index (χ3n) is 2.71. The Morgan fingerprint density at radius 3 is 3.00 bits per heavy atom. The number of ether oxygens (including phenoxy) is 1. The number of hydrogen-bond acceptors (Lipinski definition) is 4. The van der Waals surface area contributed by atoms with Crippen molar-refractivity contribution in [3.05, 3.63) is 32.8 Å². The van der Waals surface area contributed by atoms with Crippen LogP contribution in [0.2, 0.25) is 0 Å². The van der Waals surface area contributed by atoms with Gasteiger partial charge < -0.3 is 10.1 Å². The van der Waals surface area contributed by atoms with Crippen LogP contribution in [-0.2, 0) is 4.74 Å². The van der Waals surface area contributed by atoms with Gasteiger partial charge in [0, 0.05) is 35.4 Å². The number of nitro groups is 1. The molecule has 1 N–H and O–H groups in total. The highest BCUT2D eigenvalue weighted by atomic mass is 79.9. The Balaban J connectivity index is 1.98. The van der Waals surface area contributed by atoms with Crippen molar-refractivity contribution in [2.24, 2.45) is 0 Å². The van der Waals surface area contributed by atoms with Gasteiger partial charge in [0.25, 0.3) is 5.69 Å². The summed E-state index contributed by atoms with van der Waals surface area (Å²) in [5.74, 6) is 0. The predicted octanol–water partition coefficient (Wildman–Crippen LogP) is 2.95. The van der Waals surface area contributed by atoms with E-state index >= 15 is 0 Å². The van der Waals surface area contributed by atoms with Crippen LogP contribution in [-0.4, -0.2) is 24.2 Å². The van der Waals surface area contributed by atoms with Crippen molar-refractivity contribution < 1.29 is 9.66 Å². The molecule has 1 atom stereocenters. The first kappa shape index (κ1) is 12.3. The summed E-state index contributed by atoms with van der Waals surface area (Å²) in [5, 5.41) is 13.8. The molecule has 0 saturated carbocycles. The fraction of sp³-hybridized carbons (Fsp3) is 0.455. The number of nitro benzene ring substituents is 1. The van der Waals surface area contributed by atoms with Gasteiger partial charge in [-0.15, -0.1) is 0 Å². The lowest BCUT2D eigenvalue weighted by Gasteiger charge is -2.12. The van der Waals surface area contributed by atoms with E-state index in [1.807, 2.05) is 0 Å². The zero-order valence-corrected chi connectivity index (χ0v) is 10.8. The van der Waals surface area contributed by atoms with E-state index in [1.165, 1.54) is 12.1 Å². The zero-order valence-electron chi connectivity index (χ0n) is 9.19. The van der Waals surface area contributed by atoms with Crippen LogP contribution in [0.25, 0.3) is 0 Å². The molecule has 1 aliphatic heterocycles. The predicted molar refractivity (Wildman–Crippen MR) is 68.3 cm³/mol. The summed E-state index contributed by atoms with van der Waals surface area (Å²) >= 11 is 3.32. The monoisotopic (exact) mass is 300 g/mol. The smallest absolute Gasteiger partial charge is 0.270 e. The summed E-state index contributed by atoms with van der Waals surface area (Å²) in [7, 11) is 0. The molecule has 0 bridgehead atoms. The molecular weight excluding hydrogens is 288 g/mol. The van der Waals surface area contributed by atoms with E-state index in [0.717, 1.165) is 31.7 Å². The average Bonchev–Trinajstić information content (AvgIpc) is 2.80. The molecule has 0 spiro atoms. The van der Waals surface area contributed by atoms with Crippen molar-refractivity contribution in [1.82, 2.24) is 0 Å². The first-order chi connectivity index (χ1) is 8.16. The van der Waals surface area contributed by atoms with Gasteiger partial charge in [0.15, 0.2) is 0 Å². The minimum Gasteiger partial charge on any atom is -0.382 e. The molecule has 1 saturated heterocycles. The SMILES string of the molecule is O=[N+]([O-])c1ccc(NCC2CCCO2)c(Br)c1. The summed E-state index contributed by atoms with van der Waals surface area (Å²) in [5.41, 5.74) is 0.936. The number of benzene rings is 1. The molecule has 1 aromatic carbocycles. The molecule has 0 aromatic heterocycles. The first-order valence-electron chi connectivity index (χ1n) is 5.46. The Hall–Kier alpha value is -1.14. The van der Waals surface area contributed by atoms with Crippen LogP contribution >= 0.6 is 15.9 Å². The van der Waals surface area contributed by atoms with E-state index < -0.39 is 4.92 Å². The largest absolute Gasteiger partial charge is 0.382 e. The fourth-order valence-electron chi connectivity index (χ4n) is 1.79. The lowest BCUT2D eigenvalue weighted by molar-refractivity contribution is -0.384. The maximum atomic E-state index is 10.6. The number of halogens is 1. The van der Waals surface area contributed by atoms with Crippen molar-refractivity contribution in [2.45, 2.75) is 18.9 Å². The van der Waals surface area contributed by atoms with Gasteiger partial charge in [-0.2, -0.15) is 0 Å². The van der Waals surface area contributed by atoms with Gasteiger partial charge in [0.05, 0.1) is 11.0 Å². The summed E-state index contributed by atoms with van der Waals surface area (Å²) < 4.78 is 6.19. The van der Waals surface area contributed by atoms with Crippen LogP contribution in [0.5, 0.6) is 0 Å². The first-order valence-corrected chi connectivity index (χ1v) is 6.25. The molecule has 0 radical (unpaired) electrons. The Kier molecular flexibility index (Phi) is 3.96. The van der Waals surface area contributed by atoms with Crippen molar-refractivity contribution >= 4 is 27.3 Å². The molecule has 2 rings (SSSR count). The highest BCUT2D eigenvalue weighted by molar-refractivity contribution is 9.10. The number of non-ortho nitro benzene ring substituents is 1. The topological polar surface area (TPSA) is 64.4 Å². The molecule has 1 heterocycles. The van der Waals surface area contributed by atoms with E-state index in [-0.39, 0.29) is 11.8 Å². The number of nitrogens with zero attached hydrogens (tertiary/aromatic N) is 1. The van der Waals surface area contributed by atoms with Gasteiger partial charge >= 0.3 is 0 Å². The van der Waals surface area contributed by atoms with E-state index in [2.05, 4.69) is 21.2 Å². The number of hydrogen-bond donors (Lipinski definition) is 1. The van der Waals surface area contributed by atoms with Gasteiger partial charge in [-0.1, -0.05) is 0 Å². The molecule has 0 amide bonds. The normalized spacial score (nSPS) is 19.2. The Bertz CT molecular complexity index is 419.